The molecule has 3 heterocycles. The van der Waals surface area contributed by atoms with Crippen LogP contribution < -0.4 is 0 Å². The van der Waals surface area contributed by atoms with Crippen LogP contribution >= 0.6 is 0 Å². The summed E-state index contributed by atoms with van der Waals surface area (Å²) in [5.41, 5.74) is 2.55. The minimum Gasteiger partial charge on any atom is -0.505 e. The number of hydrogen-bond donors (Lipinski definition) is 1. The molecule has 7 nitrogen and oxygen atoms in total. The number of imidazole rings is 1. The number of amides is 1. The summed E-state index contributed by atoms with van der Waals surface area (Å²) in [6, 6.07) is 14.2. The lowest BCUT2D eigenvalue weighted by atomic mass is 9.96. The van der Waals surface area contributed by atoms with Crippen LogP contribution in [0, 0.1) is 6.92 Å². The first-order valence-electron chi connectivity index (χ1n) is 9.82. The van der Waals surface area contributed by atoms with E-state index in [4.69, 9.17) is 0 Å². The van der Waals surface area contributed by atoms with Gasteiger partial charge in [-0.25, -0.2) is 4.98 Å². The molecule has 1 aliphatic heterocycles. The summed E-state index contributed by atoms with van der Waals surface area (Å²) in [7, 11) is 3.83. The number of hydrogen-bond acceptors (Lipinski definition) is 5. The highest BCUT2D eigenvalue weighted by atomic mass is 16.3. The number of carbonyl (C=O) groups excluding carboxylic acids is 2. The number of aliphatic hydroxyl groups is 1. The van der Waals surface area contributed by atoms with Crippen LogP contribution in [0.3, 0.4) is 0 Å². The molecule has 30 heavy (non-hydrogen) atoms. The third-order valence-electron chi connectivity index (χ3n) is 5.37. The second kappa shape index (κ2) is 7.76. The molecule has 1 fully saturated rings. The molecule has 1 unspecified atom stereocenters. The van der Waals surface area contributed by atoms with E-state index in [9.17, 15) is 14.7 Å². The van der Waals surface area contributed by atoms with E-state index in [2.05, 4.69) is 4.98 Å². The number of aromatic nitrogens is 2. The second-order valence-corrected chi connectivity index (χ2v) is 7.68. The number of carbonyl (C=O) groups is 2. The third-order valence-corrected chi connectivity index (χ3v) is 5.37. The summed E-state index contributed by atoms with van der Waals surface area (Å²) in [6.45, 7) is 2.76. The predicted molar refractivity (Wildman–Crippen MR) is 114 cm³/mol. The minimum atomic E-state index is -0.676. The summed E-state index contributed by atoms with van der Waals surface area (Å²) in [5, 5.41) is 11.3. The fraction of sp³-hybridized carbons (Fsp3) is 0.261. The van der Waals surface area contributed by atoms with Crippen molar-refractivity contribution >= 4 is 23.1 Å². The number of likely N-dealkylation sites (tertiary alicyclic amines) is 1. The molecule has 2 aromatic heterocycles. The van der Waals surface area contributed by atoms with Gasteiger partial charge in [0.25, 0.3) is 11.7 Å². The van der Waals surface area contributed by atoms with Crippen molar-refractivity contribution in [2.45, 2.75) is 13.0 Å². The number of likely N-dealkylation sites (N-methyl/N-ethyl adjacent to an activating group) is 1. The van der Waals surface area contributed by atoms with Crippen LogP contribution in [0.25, 0.3) is 11.4 Å². The highest BCUT2D eigenvalue weighted by molar-refractivity contribution is 6.46. The van der Waals surface area contributed by atoms with Gasteiger partial charge in [0.05, 0.1) is 17.3 Å². The molecule has 1 aromatic carbocycles. The summed E-state index contributed by atoms with van der Waals surface area (Å²) in [6.07, 6.45) is 1.78. The molecule has 4 rings (SSSR count). The molecule has 0 spiro atoms. The zero-order valence-corrected chi connectivity index (χ0v) is 17.2. The van der Waals surface area contributed by atoms with Gasteiger partial charge in [0.15, 0.2) is 5.76 Å². The van der Waals surface area contributed by atoms with Crippen LogP contribution in [-0.2, 0) is 9.59 Å². The average Bonchev–Trinajstić information content (AvgIpc) is 3.20. The van der Waals surface area contributed by atoms with Crippen LogP contribution in [0.15, 0.2) is 60.3 Å². The minimum absolute atomic E-state index is 0.0960. The van der Waals surface area contributed by atoms with Gasteiger partial charge in [-0.3, -0.25) is 14.0 Å². The lowest BCUT2D eigenvalue weighted by Crippen LogP contribution is -2.35. The smallest absolute Gasteiger partial charge is 0.295 e. The van der Waals surface area contributed by atoms with Crippen molar-refractivity contribution in [3.05, 3.63) is 77.3 Å². The number of benzene rings is 1. The molecule has 1 saturated heterocycles. The van der Waals surface area contributed by atoms with E-state index in [1.807, 2.05) is 67.5 Å². The van der Waals surface area contributed by atoms with Crippen molar-refractivity contribution < 1.29 is 14.7 Å². The topological polar surface area (TPSA) is 78.1 Å². The molecule has 0 saturated carbocycles. The number of aliphatic hydroxyl groups excluding tert-OH is 1. The molecular formula is C23H24N4O3. The normalized spacial score (nSPS) is 18.7. The Balaban J connectivity index is 1.92. The van der Waals surface area contributed by atoms with Crippen LogP contribution in [0.2, 0.25) is 0 Å². The van der Waals surface area contributed by atoms with Crippen molar-refractivity contribution in [2.24, 2.45) is 0 Å². The number of rotatable bonds is 5. The van der Waals surface area contributed by atoms with Crippen molar-refractivity contribution in [3.8, 4) is 0 Å². The largest absolute Gasteiger partial charge is 0.505 e. The van der Waals surface area contributed by atoms with Gasteiger partial charge in [0.2, 0.25) is 0 Å². The Hall–Kier alpha value is -3.45. The van der Waals surface area contributed by atoms with Gasteiger partial charge in [0.1, 0.15) is 11.3 Å². The first-order valence-corrected chi connectivity index (χ1v) is 9.82. The van der Waals surface area contributed by atoms with Crippen LogP contribution in [0.5, 0.6) is 0 Å². The van der Waals surface area contributed by atoms with E-state index in [1.165, 1.54) is 0 Å². The maximum atomic E-state index is 13.1. The number of pyridine rings is 1. The van der Waals surface area contributed by atoms with Crippen molar-refractivity contribution in [1.82, 2.24) is 19.2 Å². The molecule has 1 atom stereocenters. The number of nitrogens with zero attached hydrogens (tertiary/aromatic N) is 4. The zero-order valence-electron chi connectivity index (χ0n) is 17.2. The standard InChI is InChI=1S/C23H24N4O3/c1-15-19(26-12-8-7-11-17(26)24-15)21(28)18-20(16-9-5-4-6-10-16)27(14-13-25(2)3)23(30)22(18)29/h4-12,20,28H,13-14H2,1-3H3. The summed E-state index contributed by atoms with van der Waals surface area (Å²) in [5.74, 6) is -1.48. The predicted octanol–water partition coefficient (Wildman–Crippen LogP) is 2.63. The van der Waals surface area contributed by atoms with Gasteiger partial charge in [-0.1, -0.05) is 36.4 Å². The van der Waals surface area contributed by atoms with Gasteiger partial charge < -0.3 is 14.9 Å². The third kappa shape index (κ3) is 3.27. The molecular weight excluding hydrogens is 380 g/mol. The Morgan fingerprint density at radius 2 is 1.80 bits per heavy atom. The number of Topliss-reactive ketones (excluding diaryl/α,β-unsaturated/α-hetero) is 1. The lowest BCUT2D eigenvalue weighted by Gasteiger charge is -2.26. The SMILES string of the molecule is Cc1nc2ccccn2c1C(O)=C1C(=O)C(=O)N(CCN(C)C)C1c1ccccc1. The molecule has 0 bridgehead atoms. The Labute approximate surface area is 174 Å². The molecule has 1 amide bonds. The average molecular weight is 404 g/mol. The Kier molecular flexibility index (Phi) is 5.13. The van der Waals surface area contributed by atoms with E-state index < -0.39 is 17.7 Å². The summed E-state index contributed by atoms with van der Waals surface area (Å²) >= 11 is 0. The molecule has 0 radical (unpaired) electrons. The number of ketones is 1. The fourth-order valence-corrected chi connectivity index (χ4v) is 3.93. The highest BCUT2D eigenvalue weighted by Crippen LogP contribution is 2.39. The lowest BCUT2D eigenvalue weighted by molar-refractivity contribution is -0.140. The number of aryl methyl sites for hydroxylation is 1. The second-order valence-electron chi connectivity index (χ2n) is 7.68. The van der Waals surface area contributed by atoms with Crippen LogP contribution in [0.4, 0.5) is 0 Å². The van der Waals surface area contributed by atoms with E-state index in [1.54, 1.807) is 22.4 Å². The monoisotopic (exact) mass is 404 g/mol. The summed E-state index contributed by atoms with van der Waals surface area (Å²) < 4.78 is 1.74. The number of fused-ring (bicyclic) bond motifs is 1. The molecule has 1 N–H and O–H groups in total. The fourth-order valence-electron chi connectivity index (χ4n) is 3.93. The van der Waals surface area contributed by atoms with Gasteiger partial charge in [-0.15, -0.1) is 0 Å². The Morgan fingerprint density at radius 1 is 1.10 bits per heavy atom. The maximum absolute atomic E-state index is 13.1. The first-order chi connectivity index (χ1) is 14.4. The highest BCUT2D eigenvalue weighted by Gasteiger charge is 2.46. The Bertz CT molecular complexity index is 1150. The van der Waals surface area contributed by atoms with Crippen LogP contribution in [-0.4, -0.2) is 63.2 Å². The van der Waals surface area contributed by atoms with E-state index >= 15 is 0 Å². The summed E-state index contributed by atoms with van der Waals surface area (Å²) in [4.78, 5) is 34.0. The van der Waals surface area contributed by atoms with E-state index in [0.29, 0.717) is 30.1 Å². The molecule has 1 aliphatic rings. The van der Waals surface area contributed by atoms with Crippen molar-refractivity contribution in [2.75, 3.05) is 27.2 Å². The Morgan fingerprint density at radius 3 is 2.50 bits per heavy atom. The quantitative estimate of drug-likeness (QED) is 0.402. The zero-order chi connectivity index (χ0) is 21.4. The van der Waals surface area contributed by atoms with E-state index in [0.717, 1.165) is 5.56 Å². The van der Waals surface area contributed by atoms with Gasteiger partial charge >= 0.3 is 0 Å². The maximum Gasteiger partial charge on any atom is 0.295 e. The molecule has 3 aromatic rings. The van der Waals surface area contributed by atoms with Gasteiger partial charge in [-0.2, -0.15) is 0 Å². The molecule has 154 valence electrons. The van der Waals surface area contributed by atoms with Crippen LogP contribution in [0.1, 0.15) is 23.0 Å². The van der Waals surface area contributed by atoms with Crippen molar-refractivity contribution in [1.29, 1.82) is 0 Å². The molecule has 7 heteroatoms. The van der Waals surface area contributed by atoms with Gasteiger partial charge in [-0.05, 0) is 38.7 Å². The van der Waals surface area contributed by atoms with Crippen molar-refractivity contribution in [3.63, 3.8) is 0 Å². The van der Waals surface area contributed by atoms with E-state index in [-0.39, 0.29) is 11.3 Å². The first kappa shape index (κ1) is 19.8. The van der Waals surface area contributed by atoms with Gasteiger partial charge in [0, 0.05) is 19.3 Å². The molecule has 0 aliphatic carbocycles.